The van der Waals surface area contributed by atoms with E-state index in [1.54, 1.807) is 12.1 Å². The molecular formula is C20H23FN8O. The highest BCUT2D eigenvalue weighted by atomic mass is 19.1. The molecule has 0 radical (unpaired) electrons. The number of rotatable bonds is 6. The fraction of sp³-hybridized carbons (Fsp3) is 0.300. The molecule has 6 N–H and O–H groups in total. The van der Waals surface area contributed by atoms with Crippen LogP contribution >= 0.6 is 0 Å². The number of nitrogens with one attached hydrogen (secondary N) is 4. The predicted octanol–water partition coefficient (Wildman–Crippen LogP) is 1.66. The molecule has 0 saturated carbocycles. The van der Waals surface area contributed by atoms with Crippen LogP contribution in [0.3, 0.4) is 0 Å². The molecule has 2 aliphatic rings. The number of nitrogen functional groups attached to an aromatic ring is 1. The molecule has 4 heterocycles. The predicted molar refractivity (Wildman–Crippen MR) is 111 cm³/mol. The Labute approximate surface area is 172 Å². The van der Waals surface area contributed by atoms with E-state index in [1.807, 2.05) is 16.9 Å². The first kappa shape index (κ1) is 18.6. The lowest BCUT2D eigenvalue weighted by Crippen LogP contribution is -2.27. The lowest BCUT2D eigenvalue weighted by molar-refractivity contribution is 0.218. The molecule has 0 aliphatic carbocycles. The van der Waals surface area contributed by atoms with Gasteiger partial charge in [-0.15, -0.1) is 5.53 Å². The SMILES string of the molecule is Nc1cc(Cc2cnn(C[C@H]3C[C@H](Oc4ccc(F)cc4)CN3)c2)c2c(n1)NNN2. The van der Waals surface area contributed by atoms with E-state index in [9.17, 15) is 4.39 Å². The van der Waals surface area contributed by atoms with Crippen LogP contribution in [-0.4, -0.2) is 33.5 Å². The zero-order valence-corrected chi connectivity index (χ0v) is 16.2. The molecule has 1 aromatic carbocycles. The van der Waals surface area contributed by atoms with Crippen molar-refractivity contribution in [3.05, 3.63) is 59.7 Å². The third-order valence-electron chi connectivity index (χ3n) is 5.28. The van der Waals surface area contributed by atoms with Gasteiger partial charge in [-0.25, -0.2) is 9.37 Å². The molecule has 2 aromatic heterocycles. The minimum absolute atomic E-state index is 0.0592. The van der Waals surface area contributed by atoms with Crippen LogP contribution in [-0.2, 0) is 13.0 Å². The molecule has 1 fully saturated rings. The van der Waals surface area contributed by atoms with Crippen molar-refractivity contribution in [3.63, 3.8) is 0 Å². The first-order chi connectivity index (χ1) is 14.6. The Hall–Kier alpha value is -3.37. The van der Waals surface area contributed by atoms with Crippen molar-refractivity contribution in [2.75, 3.05) is 23.1 Å². The van der Waals surface area contributed by atoms with Crippen molar-refractivity contribution in [3.8, 4) is 5.75 Å². The minimum Gasteiger partial charge on any atom is -0.489 e. The van der Waals surface area contributed by atoms with Gasteiger partial charge in [0.25, 0.3) is 0 Å². The molecule has 9 nitrogen and oxygen atoms in total. The second-order valence-electron chi connectivity index (χ2n) is 7.59. The molecule has 1 saturated heterocycles. The van der Waals surface area contributed by atoms with Crippen LogP contribution in [0.15, 0.2) is 42.7 Å². The Balaban J connectivity index is 1.18. The number of aromatic nitrogens is 3. The van der Waals surface area contributed by atoms with Gasteiger partial charge in [-0.1, -0.05) is 0 Å². The topological polar surface area (TPSA) is 114 Å². The Morgan fingerprint density at radius 3 is 2.97 bits per heavy atom. The van der Waals surface area contributed by atoms with E-state index in [4.69, 9.17) is 10.5 Å². The lowest BCUT2D eigenvalue weighted by Gasteiger charge is -2.13. The zero-order valence-electron chi connectivity index (χ0n) is 16.2. The molecule has 3 aromatic rings. The van der Waals surface area contributed by atoms with Crippen LogP contribution in [0.25, 0.3) is 0 Å². The van der Waals surface area contributed by atoms with Gasteiger partial charge in [0, 0.05) is 31.6 Å². The summed E-state index contributed by atoms with van der Waals surface area (Å²) in [6, 6.07) is 8.27. The number of hydrogen-bond acceptors (Lipinski definition) is 8. The van der Waals surface area contributed by atoms with Gasteiger partial charge in [-0.05, 0) is 41.5 Å². The van der Waals surface area contributed by atoms with Crippen LogP contribution in [0.4, 0.5) is 21.7 Å². The zero-order chi connectivity index (χ0) is 20.5. The number of nitrogens with two attached hydrogens (primary N) is 1. The summed E-state index contributed by atoms with van der Waals surface area (Å²) in [6.07, 6.45) is 5.54. The first-order valence-electron chi connectivity index (χ1n) is 9.86. The standard InChI is InChI=1S/C20H23FN8O/c21-14-1-3-16(4-2-14)30-17-7-15(23-9-17)11-29-10-12(8-24-29)5-13-6-18(22)25-20-19(13)26-28-27-20/h1-4,6,8,10,15,17,23,26,28H,5,7,9,11H2,(H3,22,25,27)/t15-,17+/m1/s1. The maximum atomic E-state index is 13.0. The van der Waals surface area contributed by atoms with Crippen molar-refractivity contribution in [1.29, 1.82) is 0 Å². The molecule has 0 amide bonds. The van der Waals surface area contributed by atoms with Gasteiger partial charge < -0.3 is 21.2 Å². The van der Waals surface area contributed by atoms with E-state index in [-0.39, 0.29) is 18.0 Å². The monoisotopic (exact) mass is 410 g/mol. The van der Waals surface area contributed by atoms with E-state index in [2.05, 4.69) is 38.0 Å². The van der Waals surface area contributed by atoms with Crippen LogP contribution in [0.2, 0.25) is 0 Å². The fourth-order valence-electron chi connectivity index (χ4n) is 3.90. The molecule has 156 valence electrons. The number of benzene rings is 1. The second-order valence-corrected chi connectivity index (χ2v) is 7.59. The Morgan fingerprint density at radius 2 is 2.10 bits per heavy atom. The average molecular weight is 410 g/mol. The Kier molecular flexibility index (Phi) is 4.85. The smallest absolute Gasteiger partial charge is 0.169 e. The summed E-state index contributed by atoms with van der Waals surface area (Å²) < 4.78 is 20.9. The third kappa shape index (κ3) is 4.00. The minimum atomic E-state index is -0.262. The van der Waals surface area contributed by atoms with Crippen molar-refractivity contribution in [1.82, 2.24) is 25.6 Å². The third-order valence-corrected chi connectivity index (χ3v) is 5.28. The van der Waals surface area contributed by atoms with Gasteiger partial charge in [0.05, 0.1) is 18.4 Å². The molecule has 2 aliphatic heterocycles. The quantitative estimate of drug-likeness (QED) is 0.417. The molecular weight excluding hydrogens is 387 g/mol. The van der Waals surface area contributed by atoms with Crippen molar-refractivity contribution >= 4 is 17.3 Å². The van der Waals surface area contributed by atoms with Crippen LogP contribution in [0.1, 0.15) is 17.5 Å². The molecule has 10 heteroatoms. The number of anilines is 3. The summed E-state index contributed by atoms with van der Waals surface area (Å²) in [7, 11) is 0. The molecule has 2 atom stereocenters. The van der Waals surface area contributed by atoms with Gasteiger partial charge in [-0.3, -0.25) is 10.1 Å². The summed E-state index contributed by atoms with van der Waals surface area (Å²) in [6.45, 7) is 1.51. The van der Waals surface area contributed by atoms with Crippen LogP contribution < -0.4 is 32.2 Å². The van der Waals surface area contributed by atoms with Crippen molar-refractivity contribution in [2.24, 2.45) is 0 Å². The number of hydrogen-bond donors (Lipinski definition) is 5. The second kappa shape index (κ2) is 7.81. The molecule has 5 rings (SSSR count). The highest BCUT2D eigenvalue weighted by molar-refractivity contribution is 5.74. The van der Waals surface area contributed by atoms with Gasteiger partial charge in [0.2, 0.25) is 0 Å². The van der Waals surface area contributed by atoms with Gasteiger partial charge in [0.1, 0.15) is 23.5 Å². The van der Waals surface area contributed by atoms with E-state index < -0.39 is 0 Å². The number of halogens is 1. The Bertz CT molecular complexity index is 1040. The van der Waals surface area contributed by atoms with Gasteiger partial charge in [-0.2, -0.15) is 5.10 Å². The average Bonchev–Trinajstić information content (AvgIpc) is 3.46. The van der Waals surface area contributed by atoms with Crippen molar-refractivity contribution < 1.29 is 9.13 Å². The number of fused-ring (bicyclic) bond motifs is 1. The number of hydrazine groups is 2. The number of pyridine rings is 1. The number of ether oxygens (including phenoxy) is 1. The summed E-state index contributed by atoms with van der Waals surface area (Å²) in [5.74, 6) is 1.59. The Morgan fingerprint density at radius 1 is 1.23 bits per heavy atom. The molecule has 0 unspecified atom stereocenters. The number of nitrogens with zero attached hydrogens (tertiary/aromatic N) is 3. The van der Waals surface area contributed by atoms with Gasteiger partial charge >= 0.3 is 0 Å². The van der Waals surface area contributed by atoms with E-state index in [0.29, 0.717) is 23.8 Å². The maximum Gasteiger partial charge on any atom is 0.169 e. The van der Waals surface area contributed by atoms with E-state index in [1.165, 1.54) is 12.1 Å². The van der Waals surface area contributed by atoms with Crippen LogP contribution in [0.5, 0.6) is 5.75 Å². The largest absolute Gasteiger partial charge is 0.489 e. The first-order valence-corrected chi connectivity index (χ1v) is 9.86. The maximum absolute atomic E-state index is 13.0. The highest BCUT2D eigenvalue weighted by Gasteiger charge is 2.26. The molecule has 30 heavy (non-hydrogen) atoms. The van der Waals surface area contributed by atoms with E-state index in [0.717, 1.165) is 36.3 Å². The normalized spacial score (nSPS) is 19.9. The summed E-state index contributed by atoms with van der Waals surface area (Å²) in [4.78, 5) is 4.25. The van der Waals surface area contributed by atoms with Crippen LogP contribution in [0, 0.1) is 5.82 Å². The fourth-order valence-corrected chi connectivity index (χ4v) is 3.90. The lowest BCUT2D eigenvalue weighted by atomic mass is 10.1. The highest BCUT2D eigenvalue weighted by Crippen LogP contribution is 2.30. The summed E-state index contributed by atoms with van der Waals surface area (Å²) in [5.41, 5.74) is 17.8. The molecule has 0 spiro atoms. The summed E-state index contributed by atoms with van der Waals surface area (Å²) >= 11 is 0. The summed E-state index contributed by atoms with van der Waals surface area (Å²) in [5, 5.41) is 7.98. The van der Waals surface area contributed by atoms with Crippen molar-refractivity contribution in [2.45, 2.75) is 31.5 Å². The van der Waals surface area contributed by atoms with E-state index >= 15 is 0 Å². The van der Waals surface area contributed by atoms with Gasteiger partial charge in [0.15, 0.2) is 5.82 Å². The molecule has 0 bridgehead atoms.